The van der Waals surface area contributed by atoms with Crippen molar-refractivity contribution < 1.29 is 23.7 Å². The van der Waals surface area contributed by atoms with E-state index in [0.29, 0.717) is 36.8 Å². The van der Waals surface area contributed by atoms with Crippen LogP contribution in [0.15, 0.2) is 12.7 Å². The summed E-state index contributed by atoms with van der Waals surface area (Å²) in [4.78, 5) is 12.5. The highest BCUT2D eigenvalue weighted by molar-refractivity contribution is 5.81. The van der Waals surface area contributed by atoms with Crippen LogP contribution < -0.4 is 5.73 Å². The van der Waals surface area contributed by atoms with Crippen LogP contribution in [0.1, 0.15) is 6.23 Å². The van der Waals surface area contributed by atoms with E-state index in [2.05, 4.69) is 15.0 Å². The Labute approximate surface area is 145 Å². The molecule has 3 rings (SSSR count). The molecule has 3 heterocycles. The molecule has 0 saturated carbocycles. The minimum Gasteiger partial charge on any atom is -0.382 e. The largest absolute Gasteiger partial charge is 0.382 e. The number of imidazole rings is 1. The molecule has 138 valence electrons. The zero-order valence-electron chi connectivity index (χ0n) is 14.5. The number of ether oxygens (including phenoxy) is 5. The molecular formula is C15H23N5O5. The van der Waals surface area contributed by atoms with Crippen LogP contribution in [0.25, 0.3) is 11.2 Å². The van der Waals surface area contributed by atoms with Gasteiger partial charge >= 0.3 is 0 Å². The van der Waals surface area contributed by atoms with Crippen molar-refractivity contribution in [2.45, 2.75) is 24.5 Å². The van der Waals surface area contributed by atoms with Gasteiger partial charge in [-0.1, -0.05) is 0 Å². The van der Waals surface area contributed by atoms with E-state index in [1.165, 1.54) is 6.33 Å². The molecule has 10 nitrogen and oxygen atoms in total. The summed E-state index contributed by atoms with van der Waals surface area (Å²) >= 11 is 0. The number of hydrogen-bond acceptors (Lipinski definition) is 9. The fourth-order valence-corrected chi connectivity index (χ4v) is 3.02. The van der Waals surface area contributed by atoms with Crippen molar-refractivity contribution in [3.63, 3.8) is 0 Å². The number of nitrogens with two attached hydrogens (primary N) is 1. The van der Waals surface area contributed by atoms with Gasteiger partial charge in [0.25, 0.3) is 0 Å². The Morgan fingerprint density at radius 2 is 1.96 bits per heavy atom. The second kappa shape index (κ2) is 8.02. The number of rotatable bonds is 8. The molecule has 2 aromatic rings. The van der Waals surface area contributed by atoms with Crippen LogP contribution in [0, 0.1) is 0 Å². The van der Waals surface area contributed by atoms with Crippen molar-refractivity contribution in [3.05, 3.63) is 12.7 Å². The number of methoxy groups -OCH3 is 3. The molecule has 1 aliphatic rings. The summed E-state index contributed by atoms with van der Waals surface area (Å²) in [5.41, 5.74) is 6.96. The maximum absolute atomic E-state index is 6.15. The third-order valence-electron chi connectivity index (χ3n) is 4.15. The van der Waals surface area contributed by atoms with Gasteiger partial charge in [0.05, 0.1) is 26.1 Å². The summed E-state index contributed by atoms with van der Waals surface area (Å²) in [5.74, 6) is 0.315. The van der Waals surface area contributed by atoms with Crippen LogP contribution >= 0.6 is 0 Å². The zero-order valence-corrected chi connectivity index (χ0v) is 14.5. The molecule has 0 aromatic carbocycles. The van der Waals surface area contributed by atoms with Gasteiger partial charge in [0, 0.05) is 21.3 Å². The molecule has 0 radical (unpaired) electrons. The van der Waals surface area contributed by atoms with Gasteiger partial charge in [-0.3, -0.25) is 4.57 Å². The van der Waals surface area contributed by atoms with Crippen molar-refractivity contribution in [1.82, 2.24) is 19.5 Å². The molecule has 1 aliphatic heterocycles. The van der Waals surface area contributed by atoms with Crippen molar-refractivity contribution >= 4 is 17.0 Å². The highest BCUT2D eigenvalue weighted by Crippen LogP contribution is 2.35. The minimum absolute atomic E-state index is 0.288. The predicted molar refractivity (Wildman–Crippen MR) is 87.9 cm³/mol. The second-order valence-electron chi connectivity index (χ2n) is 5.63. The number of nitrogen functional groups attached to an aromatic ring is 1. The van der Waals surface area contributed by atoms with E-state index in [0.717, 1.165) is 0 Å². The van der Waals surface area contributed by atoms with E-state index in [9.17, 15) is 0 Å². The predicted octanol–water partition coefficient (Wildman–Crippen LogP) is -0.00110. The van der Waals surface area contributed by atoms with Gasteiger partial charge in [0.1, 0.15) is 30.2 Å². The average molecular weight is 353 g/mol. The molecule has 0 bridgehead atoms. The van der Waals surface area contributed by atoms with Gasteiger partial charge in [-0.05, 0) is 0 Å². The number of hydrogen-bond donors (Lipinski definition) is 1. The summed E-state index contributed by atoms with van der Waals surface area (Å²) in [6.45, 7) is 1.25. The van der Waals surface area contributed by atoms with Gasteiger partial charge in [-0.15, -0.1) is 0 Å². The molecule has 10 heteroatoms. The number of aromatic nitrogens is 4. The van der Waals surface area contributed by atoms with Crippen LogP contribution in [-0.2, 0) is 23.7 Å². The fraction of sp³-hybridized carbons (Fsp3) is 0.667. The molecule has 2 aromatic heterocycles. The van der Waals surface area contributed by atoms with Crippen molar-refractivity contribution in [1.29, 1.82) is 0 Å². The van der Waals surface area contributed by atoms with Gasteiger partial charge in [-0.25, -0.2) is 15.0 Å². The number of nitrogens with zero attached hydrogens (tertiary/aromatic N) is 4. The lowest BCUT2D eigenvalue weighted by Gasteiger charge is -2.23. The van der Waals surface area contributed by atoms with Crippen molar-refractivity contribution in [2.24, 2.45) is 0 Å². The fourth-order valence-electron chi connectivity index (χ4n) is 3.02. The lowest BCUT2D eigenvalue weighted by Crippen LogP contribution is -2.38. The lowest BCUT2D eigenvalue weighted by atomic mass is 10.1. The van der Waals surface area contributed by atoms with Gasteiger partial charge < -0.3 is 29.4 Å². The van der Waals surface area contributed by atoms with E-state index in [1.54, 1.807) is 32.2 Å². The highest BCUT2D eigenvalue weighted by atomic mass is 16.6. The summed E-state index contributed by atoms with van der Waals surface area (Å²) in [5, 5.41) is 0. The van der Waals surface area contributed by atoms with Gasteiger partial charge in [0.2, 0.25) is 0 Å². The molecule has 1 fully saturated rings. The molecular weight excluding hydrogens is 330 g/mol. The second-order valence-corrected chi connectivity index (χ2v) is 5.63. The highest BCUT2D eigenvalue weighted by Gasteiger charge is 2.47. The van der Waals surface area contributed by atoms with E-state index >= 15 is 0 Å². The molecule has 1 unspecified atom stereocenters. The van der Waals surface area contributed by atoms with Crippen molar-refractivity contribution in [2.75, 3.05) is 46.9 Å². The Balaban J connectivity index is 1.93. The maximum atomic E-state index is 6.15. The van der Waals surface area contributed by atoms with Crippen LogP contribution in [0.5, 0.6) is 0 Å². The minimum atomic E-state index is -0.485. The van der Waals surface area contributed by atoms with Crippen LogP contribution in [-0.4, -0.2) is 79.0 Å². The topological polar surface area (TPSA) is 116 Å². The monoisotopic (exact) mass is 353 g/mol. The SMILES string of the molecule is COCCOC1[C@@H](OC)[C@@H](COC)O[C@H]1n1cnc2c(N)ncnc21. The van der Waals surface area contributed by atoms with Gasteiger partial charge in [-0.2, -0.15) is 0 Å². The third-order valence-corrected chi connectivity index (χ3v) is 4.15. The van der Waals surface area contributed by atoms with E-state index in [1.807, 2.05) is 0 Å². The summed E-state index contributed by atoms with van der Waals surface area (Å²) < 4.78 is 29.9. The Bertz CT molecular complexity index is 696. The first-order chi connectivity index (χ1) is 12.2. The molecule has 2 N–H and O–H groups in total. The van der Waals surface area contributed by atoms with Crippen LogP contribution in [0.3, 0.4) is 0 Å². The molecule has 1 saturated heterocycles. The molecule has 0 spiro atoms. The van der Waals surface area contributed by atoms with Crippen LogP contribution in [0.4, 0.5) is 5.82 Å². The maximum Gasteiger partial charge on any atom is 0.167 e. The molecule has 0 aliphatic carbocycles. The summed E-state index contributed by atoms with van der Waals surface area (Å²) in [6.07, 6.45) is 1.55. The zero-order chi connectivity index (χ0) is 17.8. The third kappa shape index (κ3) is 3.44. The number of fused-ring (bicyclic) bond motifs is 1. The molecule has 4 atom stereocenters. The molecule has 25 heavy (non-hydrogen) atoms. The Morgan fingerprint density at radius 3 is 2.68 bits per heavy atom. The Kier molecular flexibility index (Phi) is 5.76. The van der Waals surface area contributed by atoms with Crippen molar-refractivity contribution in [3.8, 4) is 0 Å². The smallest absolute Gasteiger partial charge is 0.167 e. The first-order valence-corrected chi connectivity index (χ1v) is 7.92. The van der Waals surface area contributed by atoms with Gasteiger partial charge in [0.15, 0.2) is 17.7 Å². The van der Waals surface area contributed by atoms with Crippen LogP contribution in [0.2, 0.25) is 0 Å². The first kappa shape index (κ1) is 18.0. The summed E-state index contributed by atoms with van der Waals surface area (Å²) in [6, 6.07) is 0. The molecule has 0 amide bonds. The van der Waals surface area contributed by atoms with E-state index < -0.39 is 6.23 Å². The Morgan fingerprint density at radius 1 is 1.12 bits per heavy atom. The quantitative estimate of drug-likeness (QED) is 0.654. The van der Waals surface area contributed by atoms with E-state index in [4.69, 9.17) is 29.4 Å². The average Bonchev–Trinajstić information content (AvgIpc) is 3.18. The lowest BCUT2D eigenvalue weighted by molar-refractivity contribution is -0.0820. The Hall–Kier alpha value is -1.85. The summed E-state index contributed by atoms with van der Waals surface area (Å²) in [7, 11) is 4.86. The normalized spacial score (nSPS) is 26.5. The standard InChI is InChI=1S/C15H23N5O5/c1-21-4-5-24-12-11(23-3)9(6-22-2)25-15(12)20-8-19-10-13(16)17-7-18-14(10)20/h7-9,11-12,15H,4-6H2,1-3H3,(H2,16,17,18)/t9-,11+,12?,15-/m1/s1. The van der Waals surface area contributed by atoms with E-state index in [-0.39, 0.29) is 18.3 Å². The number of anilines is 1. The first-order valence-electron chi connectivity index (χ1n) is 7.92.